The summed E-state index contributed by atoms with van der Waals surface area (Å²) in [5, 5.41) is 1.23. The Morgan fingerprint density at radius 3 is 3.06 bits per heavy atom. The van der Waals surface area contributed by atoms with Crippen molar-refractivity contribution in [2.45, 2.75) is 31.7 Å². The average Bonchev–Trinajstić information content (AvgIpc) is 2.74. The third-order valence-corrected chi connectivity index (χ3v) is 4.45. The lowest BCUT2D eigenvalue weighted by Crippen LogP contribution is -2.31. The summed E-state index contributed by atoms with van der Waals surface area (Å²) in [5.74, 6) is 1.93. The van der Waals surface area contributed by atoms with Gasteiger partial charge in [0.05, 0.1) is 5.03 Å². The summed E-state index contributed by atoms with van der Waals surface area (Å²) < 4.78 is 0. The second-order valence-electron chi connectivity index (χ2n) is 4.59. The predicted molar refractivity (Wildman–Crippen MR) is 73.4 cm³/mol. The Labute approximate surface area is 103 Å². The van der Waals surface area contributed by atoms with Gasteiger partial charge in [-0.25, -0.2) is 0 Å². The van der Waals surface area contributed by atoms with Crippen LogP contribution in [0.5, 0.6) is 0 Å². The molecule has 88 valence electrons. The molecule has 1 saturated heterocycles. The number of allylic oxidation sites excluding steroid dienone is 2. The van der Waals surface area contributed by atoms with Crippen molar-refractivity contribution in [3.05, 3.63) is 36.4 Å². The largest absolute Gasteiger partial charge is 0.360 e. The molecule has 0 aromatic rings. The van der Waals surface area contributed by atoms with Crippen molar-refractivity contribution in [3.63, 3.8) is 0 Å². The molecule has 0 N–H and O–H groups in total. The molecule has 0 amide bonds. The molecule has 2 rings (SSSR count). The van der Waals surface area contributed by atoms with Crippen molar-refractivity contribution < 1.29 is 0 Å². The Kier molecular flexibility index (Phi) is 4.16. The monoisotopic (exact) mass is 235 g/mol. The summed E-state index contributed by atoms with van der Waals surface area (Å²) >= 11 is 1.88. The summed E-state index contributed by atoms with van der Waals surface area (Å²) in [7, 11) is 0. The van der Waals surface area contributed by atoms with E-state index in [0.29, 0.717) is 6.04 Å². The number of hydrogen-bond acceptors (Lipinski definition) is 2. The number of thioether (sulfide) groups is 1. The molecule has 2 atom stereocenters. The Balaban J connectivity index is 1.94. The molecule has 1 heterocycles. The minimum Gasteiger partial charge on any atom is -0.360 e. The van der Waals surface area contributed by atoms with Crippen LogP contribution < -0.4 is 0 Å². The van der Waals surface area contributed by atoms with E-state index in [-0.39, 0.29) is 0 Å². The molecule has 0 bridgehead atoms. The normalized spacial score (nSPS) is 27.1. The van der Waals surface area contributed by atoms with E-state index in [1.807, 2.05) is 11.8 Å². The summed E-state index contributed by atoms with van der Waals surface area (Å²) in [4.78, 5) is 2.42. The van der Waals surface area contributed by atoms with E-state index in [9.17, 15) is 0 Å². The molecule has 2 aliphatic rings. The van der Waals surface area contributed by atoms with E-state index in [1.54, 1.807) is 0 Å². The average molecular weight is 235 g/mol. The molecule has 0 spiro atoms. The third-order valence-electron chi connectivity index (χ3n) is 3.49. The summed E-state index contributed by atoms with van der Waals surface area (Å²) in [5.41, 5.74) is 0. The second kappa shape index (κ2) is 5.62. The smallest absolute Gasteiger partial charge is 0.0640 e. The van der Waals surface area contributed by atoms with Crippen molar-refractivity contribution in [1.29, 1.82) is 0 Å². The van der Waals surface area contributed by atoms with Gasteiger partial charge in [0.25, 0.3) is 0 Å². The van der Waals surface area contributed by atoms with Crippen LogP contribution in [0, 0.1) is 5.92 Å². The number of nitrogens with zero attached hydrogens (tertiary/aromatic N) is 1. The number of hydrogen-bond donors (Lipinski definition) is 0. The van der Waals surface area contributed by atoms with Gasteiger partial charge in [-0.05, 0) is 31.6 Å². The zero-order chi connectivity index (χ0) is 11.4. The SMILES string of the molecule is C=CC(CC1C=CCCC1)N1CCSC1=C. The maximum absolute atomic E-state index is 4.12. The van der Waals surface area contributed by atoms with E-state index in [0.717, 1.165) is 12.5 Å². The lowest BCUT2D eigenvalue weighted by Gasteiger charge is -2.30. The van der Waals surface area contributed by atoms with Crippen LogP contribution in [0.2, 0.25) is 0 Å². The Morgan fingerprint density at radius 1 is 1.62 bits per heavy atom. The van der Waals surface area contributed by atoms with Gasteiger partial charge in [0, 0.05) is 18.3 Å². The highest BCUT2D eigenvalue weighted by atomic mass is 32.2. The zero-order valence-electron chi connectivity index (χ0n) is 9.90. The maximum Gasteiger partial charge on any atom is 0.0640 e. The highest BCUT2D eigenvalue weighted by Gasteiger charge is 2.24. The van der Waals surface area contributed by atoms with E-state index in [4.69, 9.17) is 0 Å². The van der Waals surface area contributed by atoms with E-state index in [2.05, 4.69) is 36.3 Å². The standard InChI is InChI=1S/C14H21NS/c1-3-14(15-9-10-16-12(15)2)11-13-7-5-4-6-8-13/h3,5,7,13-14H,1-2,4,6,8-11H2. The Morgan fingerprint density at radius 2 is 2.50 bits per heavy atom. The molecule has 1 nitrogen and oxygen atoms in total. The van der Waals surface area contributed by atoms with Crippen LogP contribution in [0.3, 0.4) is 0 Å². The molecule has 1 aliphatic heterocycles. The minimum atomic E-state index is 0.482. The summed E-state index contributed by atoms with van der Waals surface area (Å²) in [6, 6.07) is 0.482. The second-order valence-corrected chi connectivity index (χ2v) is 5.76. The minimum absolute atomic E-state index is 0.482. The van der Waals surface area contributed by atoms with Crippen LogP contribution in [-0.2, 0) is 0 Å². The van der Waals surface area contributed by atoms with Crippen LogP contribution in [0.4, 0.5) is 0 Å². The summed E-state index contributed by atoms with van der Waals surface area (Å²) in [6.45, 7) is 9.25. The van der Waals surface area contributed by atoms with Gasteiger partial charge in [-0.3, -0.25) is 0 Å². The molecule has 1 fully saturated rings. The van der Waals surface area contributed by atoms with Gasteiger partial charge < -0.3 is 4.90 Å². The first-order valence-electron chi connectivity index (χ1n) is 6.19. The Hall–Kier alpha value is -0.630. The van der Waals surface area contributed by atoms with Gasteiger partial charge in [0.15, 0.2) is 0 Å². The maximum atomic E-state index is 4.12. The molecule has 0 radical (unpaired) electrons. The molecule has 0 aromatic heterocycles. The molecule has 2 heteroatoms. The topological polar surface area (TPSA) is 3.24 Å². The number of rotatable bonds is 4. The third kappa shape index (κ3) is 2.73. The van der Waals surface area contributed by atoms with Crippen LogP contribution in [0.1, 0.15) is 25.7 Å². The Bertz CT molecular complexity index is 295. The van der Waals surface area contributed by atoms with E-state index < -0.39 is 0 Å². The fraction of sp³-hybridized carbons (Fsp3) is 0.571. The zero-order valence-corrected chi connectivity index (χ0v) is 10.7. The van der Waals surface area contributed by atoms with Crippen molar-refractivity contribution in [3.8, 4) is 0 Å². The van der Waals surface area contributed by atoms with Crippen LogP contribution in [0.15, 0.2) is 36.4 Å². The highest BCUT2D eigenvalue weighted by Crippen LogP contribution is 2.32. The first kappa shape index (κ1) is 11.8. The first-order chi connectivity index (χ1) is 7.81. The molecule has 0 saturated carbocycles. The van der Waals surface area contributed by atoms with Crippen molar-refractivity contribution >= 4 is 11.8 Å². The fourth-order valence-corrected chi connectivity index (χ4v) is 3.48. The van der Waals surface area contributed by atoms with Gasteiger partial charge in [-0.1, -0.05) is 24.8 Å². The predicted octanol–water partition coefficient (Wildman–Crippen LogP) is 3.81. The van der Waals surface area contributed by atoms with Gasteiger partial charge in [-0.15, -0.1) is 18.3 Å². The van der Waals surface area contributed by atoms with Crippen LogP contribution in [-0.4, -0.2) is 23.2 Å². The molecular formula is C14H21NS. The van der Waals surface area contributed by atoms with Crippen molar-refractivity contribution in [2.24, 2.45) is 5.92 Å². The molecule has 2 unspecified atom stereocenters. The van der Waals surface area contributed by atoms with E-state index in [1.165, 1.54) is 36.5 Å². The van der Waals surface area contributed by atoms with Crippen molar-refractivity contribution in [2.75, 3.05) is 12.3 Å². The molecule has 1 aliphatic carbocycles. The van der Waals surface area contributed by atoms with Crippen molar-refractivity contribution in [1.82, 2.24) is 4.90 Å². The molecule has 16 heavy (non-hydrogen) atoms. The molecule has 0 aromatic carbocycles. The quantitative estimate of drug-likeness (QED) is 0.682. The van der Waals surface area contributed by atoms with Gasteiger partial charge in [0.2, 0.25) is 0 Å². The fourth-order valence-electron chi connectivity index (χ4n) is 2.56. The van der Waals surface area contributed by atoms with Gasteiger partial charge in [-0.2, -0.15) is 0 Å². The van der Waals surface area contributed by atoms with Gasteiger partial charge in [0.1, 0.15) is 0 Å². The van der Waals surface area contributed by atoms with Gasteiger partial charge >= 0.3 is 0 Å². The van der Waals surface area contributed by atoms with Crippen LogP contribution in [0.25, 0.3) is 0 Å². The summed E-state index contributed by atoms with van der Waals surface area (Å²) in [6.07, 6.45) is 12.0. The lowest BCUT2D eigenvalue weighted by molar-refractivity contribution is 0.294. The highest BCUT2D eigenvalue weighted by molar-refractivity contribution is 8.03. The first-order valence-corrected chi connectivity index (χ1v) is 7.17. The lowest BCUT2D eigenvalue weighted by atomic mass is 9.89. The van der Waals surface area contributed by atoms with Crippen LogP contribution >= 0.6 is 11.8 Å². The molecular weight excluding hydrogens is 214 g/mol. The van der Waals surface area contributed by atoms with E-state index >= 15 is 0 Å².